The Morgan fingerprint density at radius 1 is 0.731 bits per heavy atom. The molecule has 120 valence electrons. The molecule has 4 nitrogen and oxygen atoms in total. The van der Waals surface area contributed by atoms with Crippen LogP contribution in [0.15, 0.2) is 18.2 Å². The second kappa shape index (κ2) is 11.7. The molecule has 0 bridgehead atoms. The van der Waals surface area contributed by atoms with E-state index >= 15 is 0 Å². The molecule has 0 fully saturated rings. The quantitative estimate of drug-likeness (QED) is 0.456. The van der Waals surface area contributed by atoms with Gasteiger partial charge in [0.2, 0.25) is 0 Å². The Labute approximate surface area is 152 Å². The second-order valence-electron chi connectivity index (χ2n) is 4.13. The molecule has 0 amide bonds. The predicted molar refractivity (Wildman–Crippen MR) is 101 cm³/mol. The molecule has 0 aliphatic rings. The van der Waals surface area contributed by atoms with Gasteiger partial charge in [0.1, 0.15) is 6.11 Å². The summed E-state index contributed by atoms with van der Waals surface area (Å²) in [5.74, 6) is 31.4. The molecule has 0 aliphatic heterocycles. The zero-order chi connectivity index (χ0) is 19.0. The average molecular weight is 334 g/mol. The van der Waals surface area contributed by atoms with E-state index in [1.54, 1.807) is 6.92 Å². The van der Waals surface area contributed by atoms with Crippen LogP contribution >= 0.6 is 0 Å². The smallest absolute Gasteiger partial charge is 0.352 e. The number of hydrogen-bond donors (Lipinski definition) is 2. The number of ether oxygens (including phenoxy) is 1. The van der Waals surface area contributed by atoms with Crippen LogP contribution < -0.4 is 11.5 Å². The zero-order valence-electron chi connectivity index (χ0n) is 13.7. The summed E-state index contributed by atoms with van der Waals surface area (Å²) in [6.07, 6.45) is 2.15. The molecular formula is C22H10N2O2. The van der Waals surface area contributed by atoms with Crippen molar-refractivity contribution in [3.05, 3.63) is 23.8 Å². The predicted octanol–water partition coefficient (Wildman–Crippen LogP) is 1.01. The van der Waals surface area contributed by atoms with Crippen molar-refractivity contribution >= 4 is 17.3 Å². The van der Waals surface area contributed by atoms with Crippen LogP contribution in [0.2, 0.25) is 0 Å². The third-order valence-corrected chi connectivity index (χ3v) is 2.22. The second-order valence-corrected chi connectivity index (χ2v) is 4.13. The van der Waals surface area contributed by atoms with Crippen molar-refractivity contribution in [2.24, 2.45) is 0 Å². The lowest BCUT2D eigenvalue weighted by Crippen LogP contribution is -2.03. The van der Waals surface area contributed by atoms with Crippen LogP contribution in [0.5, 0.6) is 0 Å². The monoisotopic (exact) mass is 334 g/mol. The SMILES string of the molecule is CC#CC#CC#CC#CC#CC#CC#COC(=O)c1cc(N)cc(N)c1. The van der Waals surface area contributed by atoms with Gasteiger partial charge in [-0.2, -0.15) is 0 Å². The van der Waals surface area contributed by atoms with Gasteiger partial charge in [0.05, 0.1) is 5.56 Å². The molecule has 1 aromatic rings. The van der Waals surface area contributed by atoms with Crippen molar-refractivity contribution in [3.8, 4) is 83.1 Å². The lowest BCUT2D eigenvalue weighted by molar-refractivity contribution is 0.0691. The molecule has 0 atom stereocenters. The van der Waals surface area contributed by atoms with Gasteiger partial charge in [-0.1, -0.05) is 5.92 Å². The molecule has 26 heavy (non-hydrogen) atoms. The topological polar surface area (TPSA) is 78.3 Å². The maximum Gasteiger partial charge on any atom is 0.352 e. The number of esters is 1. The molecule has 0 heterocycles. The molecule has 0 radical (unpaired) electrons. The maximum absolute atomic E-state index is 11.7. The minimum atomic E-state index is -0.679. The number of nitrogens with two attached hydrogens (primary N) is 2. The lowest BCUT2D eigenvalue weighted by atomic mass is 10.2. The van der Waals surface area contributed by atoms with E-state index in [4.69, 9.17) is 16.2 Å². The molecule has 1 rings (SSSR count). The van der Waals surface area contributed by atoms with Gasteiger partial charge in [-0.05, 0) is 60.6 Å². The molecular weight excluding hydrogens is 324 g/mol. The van der Waals surface area contributed by atoms with Gasteiger partial charge in [0.25, 0.3) is 0 Å². The summed E-state index contributed by atoms with van der Waals surface area (Å²) in [6, 6.07) is 4.39. The van der Waals surface area contributed by atoms with Gasteiger partial charge in [-0.3, -0.25) is 0 Å². The fourth-order valence-corrected chi connectivity index (χ4v) is 1.33. The molecule has 0 saturated carbocycles. The molecule has 0 saturated heterocycles. The molecule has 0 aromatic heterocycles. The Balaban J connectivity index is 2.52. The largest absolute Gasteiger partial charge is 0.399 e. The summed E-state index contributed by atoms with van der Waals surface area (Å²) in [5.41, 5.74) is 12.1. The molecule has 4 heteroatoms. The highest BCUT2D eigenvalue weighted by Gasteiger charge is 2.07. The van der Waals surface area contributed by atoms with E-state index in [0.717, 1.165) is 0 Å². The summed E-state index contributed by atoms with van der Waals surface area (Å²) in [6.45, 7) is 1.68. The number of benzene rings is 1. The first-order valence-corrected chi connectivity index (χ1v) is 6.92. The fourth-order valence-electron chi connectivity index (χ4n) is 1.33. The van der Waals surface area contributed by atoms with Crippen molar-refractivity contribution in [3.63, 3.8) is 0 Å². The highest BCUT2D eigenvalue weighted by Crippen LogP contribution is 2.14. The third kappa shape index (κ3) is 8.60. The summed E-state index contributed by atoms with van der Waals surface area (Å²) in [4.78, 5) is 11.7. The number of hydrogen-bond acceptors (Lipinski definition) is 4. The van der Waals surface area contributed by atoms with E-state index in [1.165, 1.54) is 18.2 Å². The first-order chi connectivity index (χ1) is 12.6. The fraction of sp³-hybridized carbons (Fsp3) is 0.0455. The number of carbonyl (C=O) groups excluding carboxylic acids is 1. The van der Waals surface area contributed by atoms with E-state index in [9.17, 15) is 4.79 Å². The molecule has 0 spiro atoms. The van der Waals surface area contributed by atoms with Crippen LogP contribution in [0.4, 0.5) is 11.4 Å². The van der Waals surface area contributed by atoms with Crippen molar-refractivity contribution < 1.29 is 9.53 Å². The van der Waals surface area contributed by atoms with Crippen molar-refractivity contribution in [2.75, 3.05) is 11.5 Å². The first kappa shape index (κ1) is 19.3. The zero-order valence-corrected chi connectivity index (χ0v) is 13.7. The Morgan fingerprint density at radius 2 is 1.15 bits per heavy atom. The van der Waals surface area contributed by atoms with Crippen LogP contribution in [-0.4, -0.2) is 5.97 Å². The molecule has 0 aliphatic carbocycles. The van der Waals surface area contributed by atoms with E-state index < -0.39 is 5.97 Å². The standard InChI is InChI=1S/C22H10N2O2/c1-2-3-4-5-6-7-8-9-10-11-12-13-14-15-26-22(25)19-16-20(23)18-21(24)17-19/h16-18H,23-24H2,1H3. The number of anilines is 2. The van der Waals surface area contributed by atoms with E-state index in [2.05, 4.69) is 83.1 Å². The summed E-state index contributed by atoms with van der Waals surface area (Å²) in [7, 11) is 0. The van der Waals surface area contributed by atoms with Crippen LogP contribution in [-0.2, 0) is 4.74 Å². The average Bonchev–Trinajstić information content (AvgIpc) is 2.61. The van der Waals surface area contributed by atoms with Crippen molar-refractivity contribution in [1.29, 1.82) is 0 Å². The Kier molecular flexibility index (Phi) is 8.69. The highest BCUT2D eigenvalue weighted by molar-refractivity contribution is 5.92. The third-order valence-electron chi connectivity index (χ3n) is 2.22. The van der Waals surface area contributed by atoms with Crippen molar-refractivity contribution in [2.45, 2.75) is 6.92 Å². The van der Waals surface area contributed by atoms with Crippen LogP contribution in [0.25, 0.3) is 0 Å². The van der Waals surface area contributed by atoms with E-state index in [1.807, 2.05) is 0 Å². The molecule has 1 aromatic carbocycles. The van der Waals surface area contributed by atoms with Crippen molar-refractivity contribution in [1.82, 2.24) is 0 Å². The Hall–Kier alpha value is -4.79. The van der Waals surface area contributed by atoms with E-state index in [0.29, 0.717) is 11.4 Å². The maximum atomic E-state index is 11.7. The summed E-state index contributed by atoms with van der Waals surface area (Å²) in [5, 5.41) is 0. The van der Waals surface area contributed by atoms with Gasteiger partial charge in [-0.25, -0.2) is 4.79 Å². The van der Waals surface area contributed by atoms with Gasteiger partial charge in [-0.15, -0.1) is 0 Å². The van der Waals surface area contributed by atoms with Gasteiger partial charge in [0, 0.05) is 46.9 Å². The van der Waals surface area contributed by atoms with Crippen LogP contribution in [0, 0.1) is 83.1 Å². The Morgan fingerprint density at radius 3 is 1.62 bits per heavy atom. The minimum Gasteiger partial charge on any atom is -0.399 e. The highest BCUT2D eigenvalue weighted by atomic mass is 16.5. The van der Waals surface area contributed by atoms with Gasteiger partial charge < -0.3 is 16.2 Å². The molecule has 0 unspecified atom stereocenters. The van der Waals surface area contributed by atoms with Crippen LogP contribution in [0.1, 0.15) is 17.3 Å². The van der Waals surface area contributed by atoms with Crippen LogP contribution in [0.3, 0.4) is 0 Å². The van der Waals surface area contributed by atoms with Gasteiger partial charge in [0.15, 0.2) is 0 Å². The van der Waals surface area contributed by atoms with E-state index in [-0.39, 0.29) is 5.56 Å². The normalized spacial score (nSPS) is 6.50. The molecule has 4 N–H and O–H groups in total. The van der Waals surface area contributed by atoms with Gasteiger partial charge >= 0.3 is 5.97 Å². The lowest BCUT2D eigenvalue weighted by Gasteiger charge is -2.00. The summed E-state index contributed by atoms with van der Waals surface area (Å²) < 4.78 is 4.71. The number of carbonyl (C=O) groups is 1. The summed E-state index contributed by atoms with van der Waals surface area (Å²) >= 11 is 0. The minimum absolute atomic E-state index is 0.201. The number of rotatable bonds is 1. The number of nitrogen functional groups attached to an aromatic ring is 2. The Bertz CT molecular complexity index is 1120. The first-order valence-electron chi connectivity index (χ1n) is 6.92.